The first kappa shape index (κ1) is 29.2. The molecule has 35 heavy (non-hydrogen) atoms. The third-order valence-corrected chi connectivity index (χ3v) is 16.1. The molecule has 0 spiro atoms. The molecular formula is C32H54S2Si. The minimum absolute atomic E-state index is 1.36. The fraction of sp³-hybridized carbons (Fsp3) is 0.750. The normalized spacial score (nSPS) is 13.9. The minimum atomic E-state index is -1.53. The summed E-state index contributed by atoms with van der Waals surface area (Å²) in [5, 5.41) is 8.45. The van der Waals surface area contributed by atoms with E-state index in [1.165, 1.54) is 141 Å². The van der Waals surface area contributed by atoms with Gasteiger partial charge in [0.05, 0.1) is 0 Å². The Balaban J connectivity index is 1.42. The van der Waals surface area contributed by atoms with Crippen LogP contribution in [0.1, 0.15) is 142 Å². The average molecular weight is 531 g/mol. The molecule has 3 heterocycles. The van der Waals surface area contributed by atoms with Gasteiger partial charge in [-0.05, 0) is 33.2 Å². The van der Waals surface area contributed by atoms with Gasteiger partial charge in [0.2, 0.25) is 0 Å². The van der Waals surface area contributed by atoms with Crippen molar-refractivity contribution in [1.29, 1.82) is 0 Å². The van der Waals surface area contributed by atoms with Gasteiger partial charge in [0.25, 0.3) is 0 Å². The lowest BCUT2D eigenvalue weighted by Gasteiger charge is -2.29. The molecule has 3 rings (SSSR count). The molecule has 1 aliphatic heterocycles. The van der Waals surface area contributed by atoms with Crippen LogP contribution < -0.4 is 10.4 Å². The zero-order valence-corrected chi connectivity index (χ0v) is 25.8. The summed E-state index contributed by atoms with van der Waals surface area (Å²) >= 11 is 4.05. The minimum Gasteiger partial charge on any atom is -0.143 e. The molecule has 0 unspecified atom stereocenters. The lowest BCUT2D eigenvalue weighted by Crippen LogP contribution is -2.54. The summed E-state index contributed by atoms with van der Waals surface area (Å²) < 4.78 is 0. The van der Waals surface area contributed by atoms with E-state index in [4.69, 9.17) is 0 Å². The molecule has 2 aromatic rings. The maximum Gasteiger partial charge on any atom is 0.122 e. The first-order valence-corrected chi connectivity index (χ1v) is 19.7. The van der Waals surface area contributed by atoms with Crippen LogP contribution in [0.25, 0.3) is 9.75 Å². The van der Waals surface area contributed by atoms with Gasteiger partial charge >= 0.3 is 0 Å². The molecule has 3 heteroatoms. The number of fused-ring (bicyclic) bond motifs is 3. The molecule has 0 nitrogen and oxygen atoms in total. The standard InChI is InChI=1S/C32H54S2Si/c1-3-5-7-9-11-13-15-17-19-21-27-35(28-22-20-18-16-14-12-10-8-6-4-2)29-23-25-33-31(29)32-30(35)24-26-34-32/h23-26H,3-22,27-28H2,1-2H3. The molecule has 0 amide bonds. The molecular weight excluding hydrogens is 477 g/mol. The molecule has 0 aromatic carbocycles. The van der Waals surface area contributed by atoms with E-state index in [9.17, 15) is 0 Å². The van der Waals surface area contributed by atoms with Crippen LogP contribution in [0.15, 0.2) is 22.9 Å². The van der Waals surface area contributed by atoms with Crippen molar-refractivity contribution in [2.45, 2.75) is 154 Å². The van der Waals surface area contributed by atoms with E-state index in [1.54, 1.807) is 9.75 Å². The van der Waals surface area contributed by atoms with Crippen molar-refractivity contribution in [2.24, 2.45) is 0 Å². The van der Waals surface area contributed by atoms with Crippen LogP contribution in [-0.2, 0) is 0 Å². The fourth-order valence-electron chi connectivity index (χ4n) is 6.36. The van der Waals surface area contributed by atoms with E-state index in [0.717, 1.165) is 0 Å². The van der Waals surface area contributed by atoms with E-state index < -0.39 is 8.07 Å². The van der Waals surface area contributed by atoms with Gasteiger partial charge in [-0.25, -0.2) is 0 Å². The molecule has 0 saturated heterocycles. The first-order chi connectivity index (χ1) is 17.3. The van der Waals surface area contributed by atoms with Crippen molar-refractivity contribution in [2.75, 3.05) is 0 Å². The van der Waals surface area contributed by atoms with E-state index in [1.807, 2.05) is 33.0 Å². The van der Waals surface area contributed by atoms with Crippen molar-refractivity contribution in [3.05, 3.63) is 22.9 Å². The second-order valence-corrected chi connectivity index (χ2v) is 17.3. The highest BCUT2D eigenvalue weighted by Crippen LogP contribution is 2.40. The molecule has 0 N–H and O–H groups in total. The first-order valence-electron chi connectivity index (χ1n) is 15.5. The fourth-order valence-corrected chi connectivity index (χ4v) is 15.4. The highest BCUT2D eigenvalue weighted by molar-refractivity contribution is 7.27. The quantitative estimate of drug-likeness (QED) is 0.105. The van der Waals surface area contributed by atoms with Crippen LogP contribution in [0.4, 0.5) is 0 Å². The number of hydrogen-bond donors (Lipinski definition) is 0. The molecule has 0 bridgehead atoms. The summed E-state index contributed by atoms with van der Waals surface area (Å²) in [7, 11) is -1.53. The number of thiophene rings is 2. The third-order valence-electron chi connectivity index (χ3n) is 8.48. The lowest BCUT2D eigenvalue weighted by molar-refractivity contribution is 0.559. The third kappa shape index (κ3) is 8.85. The Morgan fingerprint density at radius 2 is 0.771 bits per heavy atom. The second kappa shape index (κ2) is 17.2. The van der Waals surface area contributed by atoms with Crippen LogP contribution in [0.5, 0.6) is 0 Å². The van der Waals surface area contributed by atoms with Crippen LogP contribution in [0.2, 0.25) is 12.1 Å². The van der Waals surface area contributed by atoms with Crippen LogP contribution >= 0.6 is 22.7 Å². The topological polar surface area (TPSA) is 0 Å². The predicted molar refractivity (Wildman–Crippen MR) is 166 cm³/mol. The molecule has 2 aromatic heterocycles. The number of hydrogen-bond acceptors (Lipinski definition) is 2. The van der Waals surface area contributed by atoms with Gasteiger partial charge in [-0.2, -0.15) is 0 Å². The second-order valence-electron chi connectivity index (χ2n) is 11.3. The Hall–Kier alpha value is -0.383. The van der Waals surface area contributed by atoms with Gasteiger partial charge in [0.1, 0.15) is 8.07 Å². The molecule has 0 fully saturated rings. The Bertz CT molecular complexity index is 723. The number of unbranched alkanes of at least 4 members (excludes halogenated alkanes) is 18. The summed E-state index contributed by atoms with van der Waals surface area (Å²) in [4.78, 5) is 3.33. The van der Waals surface area contributed by atoms with Gasteiger partial charge in [-0.15, -0.1) is 22.7 Å². The summed E-state index contributed by atoms with van der Waals surface area (Å²) in [6, 6.07) is 8.11. The van der Waals surface area contributed by atoms with Crippen LogP contribution in [-0.4, -0.2) is 8.07 Å². The maximum absolute atomic E-state index is 2.55. The van der Waals surface area contributed by atoms with Gasteiger partial charge in [-0.1, -0.05) is 154 Å². The summed E-state index contributed by atoms with van der Waals surface area (Å²) in [5.74, 6) is 0. The Labute approximate surface area is 227 Å². The predicted octanol–water partition coefficient (Wildman–Crippen LogP) is 11.2. The molecule has 0 saturated carbocycles. The van der Waals surface area contributed by atoms with E-state index in [2.05, 4.69) is 36.7 Å². The molecule has 198 valence electrons. The van der Waals surface area contributed by atoms with E-state index in [-0.39, 0.29) is 0 Å². The summed E-state index contributed by atoms with van der Waals surface area (Å²) in [5.41, 5.74) is 0. The Morgan fingerprint density at radius 1 is 0.457 bits per heavy atom. The van der Waals surface area contributed by atoms with Crippen molar-refractivity contribution < 1.29 is 0 Å². The van der Waals surface area contributed by atoms with Crippen molar-refractivity contribution in [3.8, 4) is 9.75 Å². The van der Waals surface area contributed by atoms with E-state index in [0.29, 0.717) is 0 Å². The van der Waals surface area contributed by atoms with E-state index >= 15 is 0 Å². The molecule has 0 radical (unpaired) electrons. The number of rotatable bonds is 22. The zero-order valence-electron chi connectivity index (χ0n) is 23.2. The van der Waals surface area contributed by atoms with Crippen molar-refractivity contribution >= 4 is 41.1 Å². The SMILES string of the molecule is CCCCCCCCCCCC[Si]1(CCCCCCCCCCCC)c2ccsc2-c2sccc21. The average Bonchev–Trinajstić information content (AvgIpc) is 3.59. The monoisotopic (exact) mass is 530 g/mol. The Kier molecular flexibility index (Phi) is 14.3. The smallest absolute Gasteiger partial charge is 0.122 e. The zero-order chi connectivity index (χ0) is 24.6. The maximum atomic E-state index is 2.55. The summed E-state index contributed by atoms with van der Waals surface area (Å²) in [6.45, 7) is 4.63. The van der Waals surface area contributed by atoms with Crippen molar-refractivity contribution in [3.63, 3.8) is 0 Å². The van der Waals surface area contributed by atoms with Gasteiger partial charge in [0, 0.05) is 9.75 Å². The van der Waals surface area contributed by atoms with Crippen LogP contribution in [0, 0.1) is 0 Å². The molecule has 0 aliphatic carbocycles. The van der Waals surface area contributed by atoms with Gasteiger partial charge in [0.15, 0.2) is 0 Å². The Morgan fingerprint density at radius 3 is 1.11 bits per heavy atom. The highest BCUT2D eigenvalue weighted by atomic mass is 32.1. The molecule has 0 atom stereocenters. The van der Waals surface area contributed by atoms with Crippen molar-refractivity contribution in [1.82, 2.24) is 0 Å². The van der Waals surface area contributed by atoms with Gasteiger partial charge in [-0.3, -0.25) is 0 Å². The van der Waals surface area contributed by atoms with Gasteiger partial charge < -0.3 is 0 Å². The lowest BCUT2D eigenvalue weighted by atomic mass is 10.1. The highest BCUT2D eigenvalue weighted by Gasteiger charge is 2.45. The largest absolute Gasteiger partial charge is 0.143 e. The summed E-state index contributed by atoms with van der Waals surface area (Å²) in [6.07, 6.45) is 29.0. The molecule has 1 aliphatic rings. The van der Waals surface area contributed by atoms with Crippen LogP contribution in [0.3, 0.4) is 0 Å².